The minimum Gasteiger partial charge on any atom is -0.493 e. The van der Waals surface area contributed by atoms with Crippen LogP contribution in [0.25, 0.3) is 10.8 Å². The predicted molar refractivity (Wildman–Crippen MR) is 107 cm³/mol. The van der Waals surface area contributed by atoms with E-state index in [0.29, 0.717) is 0 Å². The molecule has 2 aromatic carbocycles. The maximum atomic E-state index is 6.12. The van der Waals surface area contributed by atoms with Crippen molar-refractivity contribution in [1.29, 1.82) is 0 Å². The van der Waals surface area contributed by atoms with Crippen molar-refractivity contribution in [1.82, 2.24) is 9.80 Å². The molecule has 0 saturated carbocycles. The smallest absolute Gasteiger partial charge is 0.123 e. The topological polar surface area (TPSA) is 15.7 Å². The second kappa shape index (κ2) is 9.21. The van der Waals surface area contributed by atoms with E-state index < -0.39 is 0 Å². The molecule has 136 valence electrons. The van der Waals surface area contributed by atoms with Gasteiger partial charge in [0.25, 0.3) is 0 Å². The van der Waals surface area contributed by atoms with E-state index in [2.05, 4.69) is 60.2 Å². The van der Waals surface area contributed by atoms with E-state index >= 15 is 0 Å². The maximum Gasteiger partial charge on any atom is 0.123 e. The lowest BCUT2D eigenvalue weighted by molar-refractivity contribution is 0.153. The van der Waals surface area contributed by atoms with Gasteiger partial charge in [0, 0.05) is 31.7 Å². The lowest BCUT2D eigenvalue weighted by Crippen LogP contribution is -2.44. The third-order valence-corrected chi connectivity index (χ3v) is 5.25. The molecule has 0 aliphatic carbocycles. The summed E-state index contributed by atoms with van der Waals surface area (Å²) in [7, 11) is 2.22. The number of ether oxygens (including phenoxy) is 1. The molecule has 1 saturated heterocycles. The standard InChI is InChI=1S/C22H32N2O/c1-3-4-18-25-22-12-11-19-8-5-6-9-20(19)21(22)10-7-13-24-16-14-23(2)15-17-24/h5-6,8-9,11-12H,3-4,7,10,13-18H2,1-2H3. The Hall–Kier alpha value is -1.58. The highest BCUT2D eigenvalue weighted by molar-refractivity contribution is 5.87. The van der Waals surface area contributed by atoms with Gasteiger partial charge in [-0.05, 0) is 49.7 Å². The number of nitrogens with zero attached hydrogens (tertiary/aromatic N) is 2. The number of unbranched alkanes of at least 4 members (excludes halogenated alkanes) is 1. The summed E-state index contributed by atoms with van der Waals surface area (Å²) in [4.78, 5) is 5.02. The van der Waals surface area contributed by atoms with E-state index in [4.69, 9.17) is 4.74 Å². The summed E-state index contributed by atoms with van der Waals surface area (Å²) in [5.74, 6) is 1.09. The molecule has 0 spiro atoms. The van der Waals surface area contributed by atoms with Crippen LogP contribution in [0, 0.1) is 0 Å². The van der Waals surface area contributed by atoms with Crippen LogP contribution in [0.15, 0.2) is 36.4 Å². The molecule has 0 unspecified atom stereocenters. The molecule has 3 nitrogen and oxygen atoms in total. The Morgan fingerprint density at radius 1 is 0.960 bits per heavy atom. The minimum atomic E-state index is 0.820. The SMILES string of the molecule is CCCCOc1ccc2ccccc2c1CCCN1CCN(C)CC1. The highest BCUT2D eigenvalue weighted by Crippen LogP contribution is 2.29. The fraction of sp³-hybridized carbons (Fsp3) is 0.545. The van der Waals surface area contributed by atoms with Crippen molar-refractivity contribution in [2.75, 3.05) is 46.4 Å². The fourth-order valence-corrected chi connectivity index (χ4v) is 3.59. The van der Waals surface area contributed by atoms with Gasteiger partial charge in [0.05, 0.1) is 6.61 Å². The molecule has 3 rings (SSSR count). The number of benzene rings is 2. The van der Waals surface area contributed by atoms with E-state index in [1.165, 1.54) is 61.9 Å². The molecular formula is C22H32N2O. The number of hydrogen-bond donors (Lipinski definition) is 0. The number of rotatable bonds is 8. The number of likely N-dealkylation sites (N-methyl/N-ethyl adjacent to an activating group) is 1. The van der Waals surface area contributed by atoms with E-state index in [0.717, 1.165) is 25.2 Å². The first-order valence-corrected chi connectivity index (χ1v) is 9.82. The van der Waals surface area contributed by atoms with Crippen LogP contribution in [0.1, 0.15) is 31.7 Å². The molecule has 1 heterocycles. The molecule has 3 heteroatoms. The Morgan fingerprint density at radius 3 is 2.56 bits per heavy atom. The van der Waals surface area contributed by atoms with Crippen molar-refractivity contribution in [2.24, 2.45) is 0 Å². The van der Waals surface area contributed by atoms with Gasteiger partial charge < -0.3 is 14.5 Å². The minimum absolute atomic E-state index is 0.820. The van der Waals surface area contributed by atoms with Gasteiger partial charge in [-0.3, -0.25) is 0 Å². The lowest BCUT2D eigenvalue weighted by Gasteiger charge is -2.32. The zero-order valence-corrected chi connectivity index (χ0v) is 15.8. The van der Waals surface area contributed by atoms with Crippen LogP contribution < -0.4 is 4.74 Å². The van der Waals surface area contributed by atoms with Gasteiger partial charge >= 0.3 is 0 Å². The van der Waals surface area contributed by atoms with Crippen LogP contribution in [0.2, 0.25) is 0 Å². The molecule has 1 aliphatic rings. The maximum absolute atomic E-state index is 6.12. The molecule has 0 aromatic heterocycles. The Labute approximate surface area is 152 Å². The van der Waals surface area contributed by atoms with Crippen LogP contribution in [-0.2, 0) is 6.42 Å². The molecule has 0 bridgehead atoms. The molecule has 2 aromatic rings. The first-order valence-electron chi connectivity index (χ1n) is 9.82. The Kier molecular flexibility index (Phi) is 6.71. The van der Waals surface area contributed by atoms with Gasteiger partial charge in [-0.1, -0.05) is 43.7 Å². The van der Waals surface area contributed by atoms with Crippen LogP contribution in [0.4, 0.5) is 0 Å². The number of hydrogen-bond acceptors (Lipinski definition) is 3. The normalized spacial score (nSPS) is 16.4. The van der Waals surface area contributed by atoms with E-state index in [9.17, 15) is 0 Å². The summed E-state index contributed by atoms with van der Waals surface area (Å²) < 4.78 is 6.12. The van der Waals surface area contributed by atoms with Gasteiger partial charge in [-0.25, -0.2) is 0 Å². The third-order valence-electron chi connectivity index (χ3n) is 5.25. The second-order valence-corrected chi connectivity index (χ2v) is 7.21. The van der Waals surface area contributed by atoms with Gasteiger partial charge in [0.1, 0.15) is 5.75 Å². The molecule has 25 heavy (non-hydrogen) atoms. The summed E-state index contributed by atoms with van der Waals surface area (Å²) >= 11 is 0. The first kappa shape index (κ1) is 18.2. The predicted octanol–water partition coefficient (Wildman–Crippen LogP) is 4.20. The first-order chi connectivity index (χ1) is 12.3. The lowest BCUT2D eigenvalue weighted by atomic mass is 9.99. The quantitative estimate of drug-likeness (QED) is 0.670. The Balaban J connectivity index is 1.67. The average Bonchev–Trinajstić information content (AvgIpc) is 2.64. The van der Waals surface area contributed by atoms with E-state index in [1.807, 2.05) is 0 Å². The molecule has 0 atom stereocenters. The van der Waals surface area contributed by atoms with E-state index in [-0.39, 0.29) is 0 Å². The van der Waals surface area contributed by atoms with Crippen molar-refractivity contribution >= 4 is 10.8 Å². The number of piperazine rings is 1. The molecule has 0 radical (unpaired) electrons. The zero-order chi connectivity index (χ0) is 17.5. The number of fused-ring (bicyclic) bond motifs is 1. The van der Waals surface area contributed by atoms with Crippen LogP contribution in [0.3, 0.4) is 0 Å². The van der Waals surface area contributed by atoms with Crippen molar-refractivity contribution in [3.63, 3.8) is 0 Å². The van der Waals surface area contributed by atoms with Crippen molar-refractivity contribution < 1.29 is 4.74 Å². The van der Waals surface area contributed by atoms with Gasteiger partial charge in [0.2, 0.25) is 0 Å². The molecule has 1 aliphatic heterocycles. The molecular weight excluding hydrogens is 308 g/mol. The second-order valence-electron chi connectivity index (χ2n) is 7.21. The summed E-state index contributed by atoms with van der Waals surface area (Å²) in [6.45, 7) is 9.00. The molecule has 0 amide bonds. The fourth-order valence-electron chi connectivity index (χ4n) is 3.59. The van der Waals surface area contributed by atoms with Gasteiger partial charge in [0.15, 0.2) is 0 Å². The molecule has 1 fully saturated rings. The largest absolute Gasteiger partial charge is 0.493 e. The monoisotopic (exact) mass is 340 g/mol. The summed E-state index contributed by atoms with van der Waals surface area (Å²) in [5, 5.41) is 2.68. The van der Waals surface area contributed by atoms with Crippen LogP contribution in [0.5, 0.6) is 5.75 Å². The summed E-state index contributed by atoms with van der Waals surface area (Å²) in [6.07, 6.45) is 4.58. The van der Waals surface area contributed by atoms with E-state index in [1.54, 1.807) is 0 Å². The Morgan fingerprint density at radius 2 is 1.76 bits per heavy atom. The van der Waals surface area contributed by atoms with Gasteiger partial charge in [-0.2, -0.15) is 0 Å². The van der Waals surface area contributed by atoms with Gasteiger partial charge in [-0.15, -0.1) is 0 Å². The zero-order valence-electron chi connectivity index (χ0n) is 15.8. The van der Waals surface area contributed by atoms with Crippen LogP contribution >= 0.6 is 0 Å². The van der Waals surface area contributed by atoms with Crippen molar-refractivity contribution in [3.8, 4) is 5.75 Å². The summed E-state index contributed by atoms with van der Waals surface area (Å²) in [5.41, 5.74) is 1.39. The average molecular weight is 341 g/mol. The highest BCUT2D eigenvalue weighted by Gasteiger charge is 2.14. The summed E-state index contributed by atoms with van der Waals surface area (Å²) in [6, 6.07) is 13.1. The third kappa shape index (κ3) is 4.96. The Bertz CT molecular complexity index is 662. The van der Waals surface area contributed by atoms with Crippen LogP contribution in [-0.4, -0.2) is 56.2 Å². The molecule has 0 N–H and O–H groups in total. The number of aryl methyl sites for hydroxylation is 1. The highest BCUT2D eigenvalue weighted by atomic mass is 16.5. The van der Waals surface area contributed by atoms with Crippen molar-refractivity contribution in [2.45, 2.75) is 32.6 Å². The van der Waals surface area contributed by atoms with Crippen molar-refractivity contribution in [3.05, 3.63) is 42.0 Å².